The van der Waals surface area contributed by atoms with Crippen molar-refractivity contribution in [1.29, 1.82) is 0 Å². The highest BCUT2D eigenvalue weighted by Gasteiger charge is 2.18. The molecule has 1 aliphatic rings. The van der Waals surface area contributed by atoms with Gasteiger partial charge in [0.05, 0.1) is 19.0 Å². The molecule has 0 aliphatic carbocycles. The van der Waals surface area contributed by atoms with Gasteiger partial charge in [0.25, 0.3) is 5.91 Å². The van der Waals surface area contributed by atoms with E-state index in [1.807, 2.05) is 0 Å². The van der Waals surface area contributed by atoms with Crippen LogP contribution in [0, 0.1) is 0 Å². The molecule has 1 saturated heterocycles. The number of rotatable bonds is 7. The highest BCUT2D eigenvalue weighted by molar-refractivity contribution is 6.35. The molecule has 1 fully saturated rings. The van der Waals surface area contributed by atoms with E-state index < -0.39 is 11.8 Å². The number of hydrogen-bond donors (Lipinski definition) is 2. The molecule has 9 heteroatoms. The molecule has 2 heterocycles. The summed E-state index contributed by atoms with van der Waals surface area (Å²) in [5, 5.41) is 6.19. The Morgan fingerprint density at radius 1 is 1.14 bits per heavy atom. The Kier molecular flexibility index (Phi) is 6.99. The van der Waals surface area contributed by atoms with Crippen molar-refractivity contribution in [1.82, 2.24) is 15.6 Å². The van der Waals surface area contributed by atoms with Crippen LogP contribution in [0.3, 0.4) is 0 Å². The van der Waals surface area contributed by atoms with Crippen molar-refractivity contribution in [3.8, 4) is 5.75 Å². The van der Waals surface area contributed by atoms with Crippen LogP contribution in [0.15, 0.2) is 52.2 Å². The predicted octanol–water partition coefficient (Wildman–Crippen LogP) is 1.05. The van der Waals surface area contributed by atoms with Gasteiger partial charge in [-0.05, 0) is 42.7 Å². The van der Waals surface area contributed by atoms with Gasteiger partial charge in [0.1, 0.15) is 11.5 Å². The van der Waals surface area contributed by atoms with Gasteiger partial charge in [-0.1, -0.05) is 12.1 Å². The number of likely N-dealkylation sites (tertiary alicyclic amines) is 1. The predicted molar refractivity (Wildman–Crippen MR) is 104 cm³/mol. The van der Waals surface area contributed by atoms with Gasteiger partial charge in [-0.15, -0.1) is 0 Å². The van der Waals surface area contributed by atoms with Crippen LogP contribution in [0.2, 0.25) is 0 Å². The summed E-state index contributed by atoms with van der Waals surface area (Å²) < 4.78 is 10.6. The minimum atomic E-state index is -0.892. The lowest BCUT2D eigenvalue weighted by atomic mass is 10.2. The summed E-state index contributed by atoms with van der Waals surface area (Å²) in [6, 6.07) is 10.3. The molecule has 1 aliphatic heterocycles. The van der Waals surface area contributed by atoms with Crippen LogP contribution in [0.25, 0.3) is 0 Å². The maximum Gasteiger partial charge on any atom is 0.329 e. The van der Waals surface area contributed by atoms with E-state index in [-0.39, 0.29) is 19.1 Å². The molecule has 0 bridgehead atoms. The molecule has 1 aromatic carbocycles. The van der Waals surface area contributed by atoms with Crippen molar-refractivity contribution in [2.75, 3.05) is 19.7 Å². The number of carbonyl (C=O) groups is 3. The Bertz CT molecular complexity index is 873. The Labute approximate surface area is 167 Å². The lowest BCUT2D eigenvalue weighted by molar-refractivity contribution is -0.139. The summed E-state index contributed by atoms with van der Waals surface area (Å²) in [6.07, 6.45) is 4.92. The molecule has 2 aromatic rings. The summed E-state index contributed by atoms with van der Waals surface area (Å²) in [7, 11) is 0. The van der Waals surface area contributed by atoms with Crippen LogP contribution in [-0.2, 0) is 20.9 Å². The molecule has 2 N–H and O–H groups in total. The number of amides is 3. The van der Waals surface area contributed by atoms with E-state index in [0.717, 1.165) is 25.9 Å². The summed E-state index contributed by atoms with van der Waals surface area (Å²) in [5.74, 6) is -0.694. The summed E-state index contributed by atoms with van der Waals surface area (Å²) in [4.78, 5) is 37.2. The smallest absolute Gasteiger partial charge is 0.329 e. The number of ether oxygens (including phenoxy) is 1. The SMILES string of the molecule is O=C(NCc1ccco1)C(=O)N/N=C\c1cccc(OCC(=O)N2CCCC2)c1. The Hall–Kier alpha value is -3.62. The minimum Gasteiger partial charge on any atom is -0.484 e. The zero-order chi connectivity index (χ0) is 20.5. The number of nitrogens with one attached hydrogen (secondary N) is 2. The standard InChI is InChI=1S/C20H22N4O5/c25-18(24-8-1-2-9-24)14-29-16-6-3-5-15(11-16)12-22-23-20(27)19(26)21-13-17-7-4-10-28-17/h3-7,10-12H,1-2,8-9,13-14H2,(H,21,26)(H,23,27)/b22-12-. The van der Waals surface area contributed by atoms with Gasteiger partial charge in [0.2, 0.25) is 0 Å². The van der Waals surface area contributed by atoms with E-state index in [1.54, 1.807) is 41.3 Å². The second-order valence-electron chi connectivity index (χ2n) is 6.41. The Balaban J connectivity index is 1.43. The quantitative estimate of drug-likeness (QED) is 0.411. The van der Waals surface area contributed by atoms with Crippen molar-refractivity contribution < 1.29 is 23.5 Å². The number of carbonyl (C=O) groups excluding carboxylic acids is 3. The number of hydrogen-bond acceptors (Lipinski definition) is 6. The molecule has 0 saturated carbocycles. The van der Waals surface area contributed by atoms with Gasteiger partial charge < -0.3 is 19.4 Å². The summed E-state index contributed by atoms with van der Waals surface area (Å²) in [5.41, 5.74) is 2.80. The van der Waals surface area contributed by atoms with Crippen LogP contribution < -0.4 is 15.5 Å². The second-order valence-corrected chi connectivity index (χ2v) is 6.41. The normalized spacial score (nSPS) is 13.4. The fraction of sp³-hybridized carbons (Fsp3) is 0.300. The summed E-state index contributed by atoms with van der Waals surface area (Å²) in [6.45, 7) is 1.65. The minimum absolute atomic E-state index is 0.0207. The average molecular weight is 398 g/mol. The number of hydrazone groups is 1. The maximum atomic E-state index is 12.0. The topological polar surface area (TPSA) is 113 Å². The van der Waals surface area contributed by atoms with Crippen LogP contribution in [0.1, 0.15) is 24.2 Å². The second kappa shape index (κ2) is 10.1. The van der Waals surface area contributed by atoms with Gasteiger partial charge in [0, 0.05) is 13.1 Å². The molecule has 0 unspecified atom stereocenters. The summed E-state index contributed by atoms with van der Waals surface area (Å²) >= 11 is 0. The van der Waals surface area contributed by atoms with E-state index in [2.05, 4.69) is 15.8 Å². The molecule has 3 rings (SSSR count). The third-order valence-electron chi connectivity index (χ3n) is 4.27. The lowest BCUT2D eigenvalue weighted by Gasteiger charge is -2.15. The molecule has 1 aromatic heterocycles. The van der Waals surface area contributed by atoms with Gasteiger partial charge in [0.15, 0.2) is 6.61 Å². The first kappa shape index (κ1) is 20.1. The van der Waals surface area contributed by atoms with E-state index in [0.29, 0.717) is 17.1 Å². The van der Waals surface area contributed by atoms with Crippen molar-refractivity contribution in [3.63, 3.8) is 0 Å². The van der Waals surface area contributed by atoms with Gasteiger partial charge >= 0.3 is 11.8 Å². The molecular formula is C20H22N4O5. The number of benzene rings is 1. The largest absolute Gasteiger partial charge is 0.484 e. The van der Waals surface area contributed by atoms with Crippen molar-refractivity contribution >= 4 is 23.9 Å². The first-order chi connectivity index (χ1) is 14.1. The van der Waals surface area contributed by atoms with Crippen molar-refractivity contribution in [2.45, 2.75) is 19.4 Å². The molecular weight excluding hydrogens is 376 g/mol. The molecule has 152 valence electrons. The number of furan rings is 1. The molecule has 0 radical (unpaired) electrons. The maximum absolute atomic E-state index is 12.0. The van der Waals surface area contributed by atoms with Gasteiger partial charge in [-0.2, -0.15) is 5.10 Å². The van der Waals surface area contributed by atoms with Gasteiger partial charge in [-0.25, -0.2) is 5.43 Å². The van der Waals surface area contributed by atoms with E-state index in [9.17, 15) is 14.4 Å². The van der Waals surface area contributed by atoms with Crippen LogP contribution in [0.4, 0.5) is 0 Å². The van der Waals surface area contributed by atoms with Gasteiger partial charge in [-0.3, -0.25) is 14.4 Å². The number of nitrogens with zero attached hydrogens (tertiary/aromatic N) is 2. The average Bonchev–Trinajstić information content (AvgIpc) is 3.44. The fourth-order valence-electron chi connectivity index (χ4n) is 2.76. The Morgan fingerprint density at radius 2 is 1.97 bits per heavy atom. The highest BCUT2D eigenvalue weighted by Crippen LogP contribution is 2.13. The zero-order valence-corrected chi connectivity index (χ0v) is 15.8. The zero-order valence-electron chi connectivity index (χ0n) is 15.8. The van der Waals surface area contributed by atoms with Crippen LogP contribution in [-0.4, -0.2) is 48.5 Å². The van der Waals surface area contributed by atoms with Crippen LogP contribution >= 0.6 is 0 Å². The molecule has 0 spiro atoms. The first-order valence-corrected chi connectivity index (χ1v) is 9.26. The first-order valence-electron chi connectivity index (χ1n) is 9.26. The van der Waals surface area contributed by atoms with E-state index in [1.165, 1.54) is 12.5 Å². The van der Waals surface area contributed by atoms with E-state index in [4.69, 9.17) is 9.15 Å². The molecule has 3 amide bonds. The van der Waals surface area contributed by atoms with Crippen LogP contribution in [0.5, 0.6) is 5.75 Å². The monoisotopic (exact) mass is 398 g/mol. The lowest BCUT2D eigenvalue weighted by Crippen LogP contribution is -2.37. The van der Waals surface area contributed by atoms with E-state index >= 15 is 0 Å². The fourth-order valence-corrected chi connectivity index (χ4v) is 2.76. The van der Waals surface area contributed by atoms with Crippen molar-refractivity contribution in [2.24, 2.45) is 5.10 Å². The Morgan fingerprint density at radius 3 is 2.72 bits per heavy atom. The van der Waals surface area contributed by atoms with Crippen molar-refractivity contribution in [3.05, 3.63) is 54.0 Å². The highest BCUT2D eigenvalue weighted by atomic mass is 16.5. The molecule has 9 nitrogen and oxygen atoms in total. The molecule has 29 heavy (non-hydrogen) atoms. The third-order valence-corrected chi connectivity index (χ3v) is 4.27. The molecule has 0 atom stereocenters. The third kappa shape index (κ3) is 6.20.